The van der Waals surface area contributed by atoms with Crippen LogP contribution < -0.4 is 11.5 Å². The average Bonchev–Trinajstić information content (AvgIpc) is 2.78. The van der Waals surface area contributed by atoms with Crippen molar-refractivity contribution < 1.29 is 0 Å². The van der Waals surface area contributed by atoms with Crippen LogP contribution in [-0.4, -0.2) is 10.9 Å². The molecule has 4 aromatic rings. The first-order valence-corrected chi connectivity index (χ1v) is 11.3. The summed E-state index contributed by atoms with van der Waals surface area (Å²) in [5.41, 5.74) is 20.4. The van der Waals surface area contributed by atoms with Crippen molar-refractivity contribution in [1.29, 1.82) is 0 Å². The standard InChI is InChI=1S/C29H32N4/c1-18-13-23-16-26(33-27(17-32-28(30)31)25(23)14-19(18)2)22-8-6-7-21(15-22)20-9-11-24(12-10-20)29(3,4)5/h6-16H,17H2,1-5H3,(H4,30,31,32). The molecule has 1 heterocycles. The number of aliphatic imine (C=N–C) groups is 1. The van der Waals surface area contributed by atoms with Crippen molar-refractivity contribution in [3.05, 3.63) is 89.1 Å². The van der Waals surface area contributed by atoms with Gasteiger partial charge in [-0.25, -0.2) is 4.99 Å². The van der Waals surface area contributed by atoms with Gasteiger partial charge in [-0.15, -0.1) is 0 Å². The van der Waals surface area contributed by atoms with Crippen LogP contribution in [0.15, 0.2) is 71.7 Å². The fraction of sp³-hybridized carbons (Fsp3) is 0.241. The molecule has 33 heavy (non-hydrogen) atoms. The molecule has 0 aliphatic rings. The largest absolute Gasteiger partial charge is 0.370 e. The van der Waals surface area contributed by atoms with Gasteiger partial charge in [0.15, 0.2) is 5.96 Å². The number of guanidine groups is 1. The molecule has 0 fully saturated rings. The van der Waals surface area contributed by atoms with Crippen LogP contribution in [-0.2, 0) is 12.0 Å². The van der Waals surface area contributed by atoms with Crippen LogP contribution in [0.1, 0.15) is 43.2 Å². The van der Waals surface area contributed by atoms with Gasteiger partial charge in [-0.1, -0.05) is 69.3 Å². The highest BCUT2D eigenvalue weighted by Gasteiger charge is 2.14. The molecule has 4 rings (SSSR count). The topological polar surface area (TPSA) is 77.3 Å². The summed E-state index contributed by atoms with van der Waals surface area (Å²) in [5, 5.41) is 2.23. The van der Waals surface area contributed by atoms with E-state index in [9.17, 15) is 0 Å². The lowest BCUT2D eigenvalue weighted by Gasteiger charge is -2.19. The molecule has 0 saturated carbocycles. The van der Waals surface area contributed by atoms with Crippen LogP contribution in [0.3, 0.4) is 0 Å². The molecule has 0 amide bonds. The van der Waals surface area contributed by atoms with Crippen LogP contribution in [0, 0.1) is 13.8 Å². The third-order valence-corrected chi connectivity index (χ3v) is 6.18. The van der Waals surface area contributed by atoms with E-state index in [4.69, 9.17) is 16.5 Å². The molecule has 0 aliphatic carbocycles. The maximum atomic E-state index is 5.61. The van der Waals surface area contributed by atoms with E-state index in [2.05, 4.69) is 106 Å². The van der Waals surface area contributed by atoms with Crippen molar-refractivity contribution in [2.24, 2.45) is 16.5 Å². The number of benzene rings is 3. The predicted octanol–water partition coefficient (Wildman–Crippen LogP) is 6.26. The monoisotopic (exact) mass is 436 g/mol. The molecular formula is C29H32N4. The summed E-state index contributed by atoms with van der Waals surface area (Å²) in [6.45, 7) is 11.3. The van der Waals surface area contributed by atoms with Crippen LogP contribution >= 0.6 is 0 Å². The maximum absolute atomic E-state index is 5.61. The molecule has 0 aliphatic heterocycles. The van der Waals surface area contributed by atoms with E-state index in [-0.39, 0.29) is 11.4 Å². The molecule has 1 aromatic heterocycles. The van der Waals surface area contributed by atoms with E-state index >= 15 is 0 Å². The first-order chi connectivity index (χ1) is 15.6. The molecule has 4 N–H and O–H groups in total. The Kier molecular flexibility index (Phi) is 5.94. The van der Waals surface area contributed by atoms with E-state index in [0.717, 1.165) is 27.7 Å². The van der Waals surface area contributed by atoms with Gasteiger partial charge in [0.25, 0.3) is 0 Å². The van der Waals surface area contributed by atoms with Crippen LogP contribution in [0.25, 0.3) is 33.2 Å². The Morgan fingerprint density at radius 2 is 1.48 bits per heavy atom. The zero-order valence-corrected chi connectivity index (χ0v) is 20.1. The Balaban J connectivity index is 1.80. The number of nitrogens with zero attached hydrogens (tertiary/aromatic N) is 2. The summed E-state index contributed by atoms with van der Waals surface area (Å²) >= 11 is 0. The number of hydrogen-bond acceptors (Lipinski definition) is 2. The lowest BCUT2D eigenvalue weighted by Crippen LogP contribution is -2.22. The summed E-state index contributed by atoms with van der Waals surface area (Å²) in [5.74, 6) is 0.0693. The van der Waals surface area contributed by atoms with Crippen molar-refractivity contribution in [3.8, 4) is 22.4 Å². The number of rotatable bonds is 4. The summed E-state index contributed by atoms with van der Waals surface area (Å²) in [4.78, 5) is 9.21. The zero-order valence-electron chi connectivity index (χ0n) is 20.1. The molecule has 0 unspecified atom stereocenters. The quantitative estimate of drug-likeness (QED) is 0.293. The number of nitrogens with two attached hydrogens (primary N) is 2. The molecule has 0 radical (unpaired) electrons. The zero-order chi connectivity index (χ0) is 23.8. The Bertz CT molecular complexity index is 1340. The second-order valence-electron chi connectivity index (χ2n) is 9.76. The summed E-state index contributed by atoms with van der Waals surface area (Å²) in [7, 11) is 0. The number of aryl methyl sites for hydroxylation is 2. The highest BCUT2D eigenvalue weighted by Crippen LogP contribution is 2.31. The lowest BCUT2D eigenvalue weighted by molar-refractivity contribution is 0.590. The van der Waals surface area contributed by atoms with Gasteiger partial charge < -0.3 is 11.5 Å². The third-order valence-electron chi connectivity index (χ3n) is 6.18. The first kappa shape index (κ1) is 22.5. The van der Waals surface area contributed by atoms with E-state index in [1.807, 2.05) is 0 Å². The normalized spacial score (nSPS) is 11.5. The van der Waals surface area contributed by atoms with Gasteiger partial charge in [-0.05, 0) is 70.7 Å². The van der Waals surface area contributed by atoms with E-state index in [1.54, 1.807) is 0 Å². The maximum Gasteiger partial charge on any atom is 0.186 e. The summed E-state index contributed by atoms with van der Waals surface area (Å²) in [6.07, 6.45) is 0. The van der Waals surface area contributed by atoms with E-state index in [0.29, 0.717) is 6.54 Å². The minimum absolute atomic E-state index is 0.0693. The fourth-order valence-electron chi connectivity index (χ4n) is 4.05. The molecule has 0 bridgehead atoms. The highest BCUT2D eigenvalue weighted by atomic mass is 15.0. The second-order valence-corrected chi connectivity index (χ2v) is 9.76. The van der Waals surface area contributed by atoms with Gasteiger partial charge >= 0.3 is 0 Å². The van der Waals surface area contributed by atoms with Crippen molar-refractivity contribution in [2.75, 3.05) is 0 Å². The molecule has 0 saturated heterocycles. The van der Waals surface area contributed by atoms with Crippen LogP contribution in [0.2, 0.25) is 0 Å². The van der Waals surface area contributed by atoms with Crippen molar-refractivity contribution in [1.82, 2.24) is 4.98 Å². The summed E-state index contributed by atoms with van der Waals surface area (Å²) in [6, 6.07) is 23.9. The Labute approximate surface area is 196 Å². The average molecular weight is 437 g/mol. The van der Waals surface area contributed by atoms with Crippen LogP contribution in [0.4, 0.5) is 0 Å². The lowest BCUT2D eigenvalue weighted by atomic mass is 9.86. The summed E-state index contributed by atoms with van der Waals surface area (Å²) < 4.78 is 0. The van der Waals surface area contributed by atoms with E-state index in [1.165, 1.54) is 27.8 Å². The molecule has 3 aromatic carbocycles. The first-order valence-electron chi connectivity index (χ1n) is 11.3. The van der Waals surface area contributed by atoms with Gasteiger partial charge in [-0.3, -0.25) is 4.98 Å². The fourth-order valence-corrected chi connectivity index (χ4v) is 4.05. The molecule has 0 spiro atoms. The molecular weight excluding hydrogens is 404 g/mol. The Morgan fingerprint density at radius 1 is 0.818 bits per heavy atom. The van der Waals surface area contributed by atoms with Gasteiger partial charge in [-0.2, -0.15) is 0 Å². The second kappa shape index (κ2) is 8.70. The molecule has 4 heteroatoms. The SMILES string of the molecule is Cc1cc2cc(-c3cccc(-c4ccc(C(C)(C)C)cc4)c3)nc(CN=C(N)N)c2cc1C. The third kappa shape index (κ3) is 4.90. The van der Waals surface area contributed by atoms with E-state index < -0.39 is 0 Å². The number of hydrogen-bond donors (Lipinski definition) is 2. The Hall–Kier alpha value is -3.66. The van der Waals surface area contributed by atoms with Crippen molar-refractivity contribution in [3.63, 3.8) is 0 Å². The van der Waals surface area contributed by atoms with Gasteiger partial charge in [0, 0.05) is 10.9 Å². The van der Waals surface area contributed by atoms with Gasteiger partial charge in [0.05, 0.1) is 17.9 Å². The van der Waals surface area contributed by atoms with Crippen LogP contribution in [0.5, 0.6) is 0 Å². The van der Waals surface area contributed by atoms with Crippen molar-refractivity contribution >= 4 is 16.7 Å². The molecule has 168 valence electrons. The number of aromatic nitrogens is 1. The number of pyridine rings is 1. The molecule has 4 nitrogen and oxygen atoms in total. The van der Waals surface area contributed by atoms with Crippen molar-refractivity contribution in [2.45, 2.75) is 46.6 Å². The van der Waals surface area contributed by atoms with Gasteiger partial charge in [0.2, 0.25) is 0 Å². The highest BCUT2D eigenvalue weighted by molar-refractivity contribution is 5.90. The smallest absolute Gasteiger partial charge is 0.186 e. The molecule has 0 atom stereocenters. The number of fused-ring (bicyclic) bond motifs is 1. The van der Waals surface area contributed by atoms with Gasteiger partial charge in [0.1, 0.15) is 0 Å². The Morgan fingerprint density at radius 3 is 2.15 bits per heavy atom. The minimum Gasteiger partial charge on any atom is -0.370 e. The minimum atomic E-state index is 0.0693. The predicted molar refractivity (Wildman–Crippen MR) is 140 cm³/mol.